The van der Waals surface area contributed by atoms with Gasteiger partial charge < -0.3 is 18.9 Å². The van der Waals surface area contributed by atoms with Crippen LogP contribution in [0, 0.1) is 0 Å². The molecule has 0 aliphatic rings. The van der Waals surface area contributed by atoms with Gasteiger partial charge in [-0.05, 0) is 38.5 Å². The minimum atomic E-state index is -4.37. The molecule has 0 aliphatic heterocycles. The number of quaternary nitrogens is 1. The average molecular weight is 845 g/mol. The molecule has 1 N–H and O–H groups in total. The Hall–Kier alpha value is -1.25. The first-order valence-electron chi connectivity index (χ1n) is 24.4. The van der Waals surface area contributed by atoms with Crippen molar-refractivity contribution in [2.45, 2.75) is 238 Å². The number of phosphoric ester groups is 1. The second kappa shape index (κ2) is 41.1. The van der Waals surface area contributed by atoms with Crippen LogP contribution in [0.1, 0.15) is 232 Å². The van der Waals surface area contributed by atoms with Crippen LogP contribution in [0.4, 0.5) is 0 Å². The zero-order valence-electron chi connectivity index (χ0n) is 38.8. The van der Waals surface area contributed by atoms with Gasteiger partial charge in [0, 0.05) is 12.8 Å². The first-order valence-corrected chi connectivity index (χ1v) is 25.9. The molecule has 10 heteroatoms. The Morgan fingerprint density at radius 2 is 0.879 bits per heavy atom. The van der Waals surface area contributed by atoms with Crippen molar-refractivity contribution in [3.63, 3.8) is 0 Å². The van der Waals surface area contributed by atoms with E-state index in [-0.39, 0.29) is 25.6 Å². The number of likely N-dealkylation sites (N-methyl/N-ethyl adjacent to an activating group) is 1. The summed E-state index contributed by atoms with van der Waals surface area (Å²) in [6.07, 6.45) is 44.0. The molecule has 0 rings (SSSR count). The SMILES string of the molecule is CCCCCCCC/C=C/CCCCCCCC(=O)O[C@H](COC(=O)CCCCCCCCCCCCCCCCCCCCC)COP(=O)(O)OCC[N+](C)(C)C. The standard InChI is InChI=1S/C48H94NO8P/c1-6-8-10-12-14-16-18-20-22-23-24-25-27-28-30-32-34-36-38-40-47(50)54-44-46(45-56-58(52,53)55-43-42-49(3,4)5)57-48(51)41-39-37-35-33-31-29-26-21-19-17-15-13-11-9-7-2/h21,26,46H,6-20,22-25,27-45H2,1-5H3/p+1/b26-21+/t46-/m1/s1. The van der Waals surface area contributed by atoms with Crippen LogP contribution in [0.3, 0.4) is 0 Å². The largest absolute Gasteiger partial charge is 0.472 e. The highest BCUT2D eigenvalue weighted by molar-refractivity contribution is 7.47. The van der Waals surface area contributed by atoms with Crippen LogP contribution in [0.15, 0.2) is 12.2 Å². The van der Waals surface area contributed by atoms with Gasteiger partial charge in [-0.3, -0.25) is 18.6 Å². The van der Waals surface area contributed by atoms with E-state index in [0.717, 1.165) is 51.4 Å². The molecule has 1 unspecified atom stereocenters. The summed E-state index contributed by atoms with van der Waals surface area (Å²) in [6, 6.07) is 0. The minimum Gasteiger partial charge on any atom is -0.462 e. The zero-order valence-corrected chi connectivity index (χ0v) is 39.7. The van der Waals surface area contributed by atoms with Crippen molar-refractivity contribution in [2.24, 2.45) is 0 Å². The Balaban J connectivity index is 4.25. The number of hydrogen-bond acceptors (Lipinski definition) is 7. The first kappa shape index (κ1) is 56.8. The van der Waals surface area contributed by atoms with Gasteiger partial charge in [0.2, 0.25) is 0 Å². The highest BCUT2D eigenvalue weighted by Gasteiger charge is 2.27. The van der Waals surface area contributed by atoms with Crippen molar-refractivity contribution in [1.29, 1.82) is 0 Å². The average Bonchev–Trinajstić information content (AvgIpc) is 3.17. The van der Waals surface area contributed by atoms with Crippen molar-refractivity contribution >= 4 is 19.8 Å². The van der Waals surface area contributed by atoms with Crippen LogP contribution < -0.4 is 0 Å². The minimum absolute atomic E-state index is 0.0334. The van der Waals surface area contributed by atoms with E-state index in [2.05, 4.69) is 26.0 Å². The monoisotopic (exact) mass is 845 g/mol. The maximum Gasteiger partial charge on any atom is 0.472 e. The molecule has 344 valence electrons. The molecule has 0 aromatic carbocycles. The zero-order chi connectivity index (χ0) is 42.8. The quantitative estimate of drug-likeness (QED) is 0.0212. The van der Waals surface area contributed by atoms with E-state index in [4.69, 9.17) is 18.5 Å². The molecule has 0 bridgehead atoms. The lowest BCUT2D eigenvalue weighted by atomic mass is 10.0. The Bertz CT molecular complexity index is 1000. The second-order valence-corrected chi connectivity index (χ2v) is 19.3. The number of phosphoric acid groups is 1. The molecule has 0 aromatic rings. The van der Waals surface area contributed by atoms with Crippen molar-refractivity contribution in [1.82, 2.24) is 0 Å². The second-order valence-electron chi connectivity index (χ2n) is 17.9. The van der Waals surface area contributed by atoms with E-state index in [0.29, 0.717) is 23.9 Å². The fourth-order valence-corrected chi connectivity index (χ4v) is 7.69. The van der Waals surface area contributed by atoms with Crippen molar-refractivity contribution in [2.75, 3.05) is 47.5 Å². The maximum atomic E-state index is 12.7. The van der Waals surface area contributed by atoms with E-state index >= 15 is 0 Å². The van der Waals surface area contributed by atoms with Gasteiger partial charge in [0.05, 0.1) is 27.7 Å². The van der Waals surface area contributed by atoms with E-state index < -0.39 is 26.5 Å². The van der Waals surface area contributed by atoms with Gasteiger partial charge in [-0.2, -0.15) is 0 Å². The van der Waals surface area contributed by atoms with Crippen molar-refractivity contribution in [3.8, 4) is 0 Å². The summed E-state index contributed by atoms with van der Waals surface area (Å²) in [5, 5.41) is 0. The van der Waals surface area contributed by atoms with Crippen molar-refractivity contribution < 1.29 is 42.1 Å². The van der Waals surface area contributed by atoms with E-state index in [1.165, 1.54) is 148 Å². The molecule has 0 saturated carbocycles. The summed E-state index contributed by atoms with van der Waals surface area (Å²) in [5.74, 6) is -0.795. The van der Waals surface area contributed by atoms with Gasteiger partial charge in [0.1, 0.15) is 19.8 Å². The van der Waals surface area contributed by atoms with Crippen LogP contribution in [-0.4, -0.2) is 74.9 Å². The number of allylic oxidation sites excluding steroid dienone is 2. The number of esters is 2. The summed E-state index contributed by atoms with van der Waals surface area (Å²) >= 11 is 0. The van der Waals surface area contributed by atoms with Crippen LogP contribution in [0.5, 0.6) is 0 Å². The number of ether oxygens (including phenoxy) is 2. The summed E-state index contributed by atoms with van der Waals surface area (Å²) in [5.41, 5.74) is 0. The molecule has 0 amide bonds. The van der Waals surface area contributed by atoms with Crippen LogP contribution in [0.2, 0.25) is 0 Å². The topological polar surface area (TPSA) is 108 Å². The fraction of sp³-hybridized carbons (Fsp3) is 0.917. The van der Waals surface area contributed by atoms with E-state index in [9.17, 15) is 19.0 Å². The van der Waals surface area contributed by atoms with Gasteiger partial charge in [0.25, 0.3) is 0 Å². The van der Waals surface area contributed by atoms with Gasteiger partial charge >= 0.3 is 19.8 Å². The van der Waals surface area contributed by atoms with Gasteiger partial charge in [-0.15, -0.1) is 0 Å². The third-order valence-electron chi connectivity index (χ3n) is 10.8. The lowest BCUT2D eigenvalue weighted by Crippen LogP contribution is -2.37. The first-order chi connectivity index (χ1) is 28.0. The number of hydrogen-bond donors (Lipinski definition) is 1. The summed E-state index contributed by atoms with van der Waals surface area (Å²) in [4.78, 5) is 35.5. The molecule has 0 aromatic heterocycles. The lowest BCUT2D eigenvalue weighted by molar-refractivity contribution is -0.870. The lowest BCUT2D eigenvalue weighted by Gasteiger charge is -2.24. The Kier molecular flexibility index (Phi) is 40.2. The molecule has 0 saturated heterocycles. The number of unbranched alkanes of at least 4 members (excludes halogenated alkanes) is 29. The predicted molar refractivity (Wildman–Crippen MR) is 243 cm³/mol. The highest BCUT2D eigenvalue weighted by atomic mass is 31.2. The summed E-state index contributed by atoms with van der Waals surface area (Å²) in [7, 11) is 1.48. The van der Waals surface area contributed by atoms with Crippen LogP contribution >= 0.6 is 7.82 Å². The van der Waals surface area contributed by atoms with E-state index in [1.807, 2.05) is 21.1 Å². The maximum absolute atomic E-state index is 12.7. The summed E-state index contributed by atoms with van der Waals surface area (Å²) < 4.78 is 34.4. The Morgan fingerprint density at radius 3 is 1.28 bits per heavy atom. The van der Waals surface area contributed by atoms with Crippen LogP contribution in [0.25, 0.3) is 0 Å². The number of carbonyl (C=O) groups excluding carboxylic acids is 2. The number of nitrogens with zero attached hydrogens (tertiary/aromatic N) is 1. The Labute approximate surface area is 358 Å². The third-order valence-corrected chi connectivity index (χ3v) is 11.8. The molecule has 0 aliphatic carbocycles. The molecule has 0 fully saturated rings. The van der Waals surface area contributed by atoms with Gasteiger partial charge in [-0.25, -0.2) is 4.57 Å². The van der Waals surface area contributed by atoms with E-state index in [1.54, 1.807) is 0 Å². The molecular formula is C48H95NO8P+. The number of carbonyl (C=O) groups is 2. The molecule has 0 radical (unpaired) electrons. The molecule has 0 heterocycles. The van der Waals surface area contributed by atoms with Gasteiger partial charge in [0.15, 0.2) is 6.10 Å². The molecule has 0 spiro atoms. The molecule has 2 atom stereocenters. The molecular weight excluding hydrogens is 750 g/mol. The Morgan fingerprint density at radius 1 is 0.517 bits per heavy atom. The molecule has 9 nitrogen and oxygen atoms in total. The third kappa shape index (κ3) is 44.3. The number of rotatable bonds is 45. The summed E-state index contributed by atoms with van der Waals surface area (Å²) in [6.45, 7) is 4.45. The predicted octanol–water partition coefficient (Wildman–Crippen LogP) is 14.1. The van der Waals surface area contributed by atoms with Crippen LogP contribution in [-0.2, 0) is 32.7 Å². The fourth-order valence-electron chi connectivity index (χ4n) is 6.95. The molecule has 58 heavy (non-hydrogen) atoms. The van der Waals surface area contributed by atoms with Crippen molar-refractivity contribution in [3.05, 3.63) is 12.2 Å². The smallest absolute Gasteiger partial charge is 0.462 e. The van der Waals surface area contributed by atoms with Gasteiger partial charge in [-0.1, -0.05) is 193 Å². The normalized spacial score (nSPS) is 13.6. The highest BCUT2D eigenvalue weighted by Crippen LogP contribution is 2.43.